The lowest BCUT2D eigenvalue weighted by atomic mass is 9.95. The van der Waals surface area contributed by atoms with E-state index in [0.29, 0.717) is 43.9 Å². The van der Waals surface area contributed by atoms with Crippen LogP contribution in [0.3, 0.4) is 0 Å². The summed E-state index contributed by atoms with van der Waals surface area (Å²) in [6, 6.07) is 15.5. The molecular formula is C27H34N2O5. The molecular weight excluding hydrogens is 432 g/mol. The molecule has 0 aromatic heterocycles. The summed E-state index contributed by atoms with van der Waals surface area (Å²) < 4.78 is 5.72. The van der Waals surface area contributed by atoms with Gasteiger partial charge in [0.1, 0.15) is 5.75 Å². The smallest absolute Gasteiger partial charge is 0.253 e. The van der Waals surface area contributed by atoms with E-state index in [0.717, 1.165) is 37.8 Å². The van der Waals surface area contributed by atoms with Crippen LogP contribution in [-0.4, -0.2) is 65.4 Å². The zero-order valence-electron chi connectivity index (χ0n) is 19.6. The number of carbonyl (C=O) groups is 2. The average Bonchev–Trinajstić information content (AvgIpc) is 2.88. The van der Waals surface area contributed by atoms with E-state index in [1.54, 1.807) is 12.1 Å². The van der Waals surface area contributed by atoms with Gasteiger partial charge in [-0.15, -0.1) is 0 Å². The third kappa shape index (κ3) is 5.77. The van der Waals surface area contributed by atoms with Crippen LogP contribution in [0.2, 0.25) is 0 Å². The highest BCUT2D eigenvalue weighted by molar-refractivity contribution is 5.97. The minimum atomic E-state index is -0.661. The Morgan fingerprint density at radius 2 is 1.76 bits per heavy atom. The molecule has 0 bridgehead atoms. The van der Waals surface area contributed by atoms with E-state index < -0.39 is 6.10 Å². The SMILES string of the molecule is O=C(c1ccc(OCCCCC(O)CO)cc1)N1CCC(N2C(=O)CCc3ccccc32)CC1. The van der Waals surface area contributed by atoms with Gasteiger partial charge in [-0.25, -0.2) is 0 Å². The first-order valence-electron chi connectivity index (χ1n) is 12.3. The average molecular weight is 467 g/mol. The van der Waals surface area contributed by atoms with Crippen LogP contribution in [0.4, 0.5) is 5.69 Å². The fourth-order valence-electron chi connectivity index (χ4n) is 4.82. The molecule has 0 radical (unpaired) electrons. The summed E-state index contributed by atoms with van der Waals surface area (Å²) in [6.45, 7) is 1.58. The lowest BCUT2D eigenvalue weighted by Crippen LogP contribution is -2.50. The van der Waals surface area contributed by atoms with Gasteiger partial charge in [0.15, 0.2) is 0 Å². The highest BCUT2D eigenvalue weighted by atomic mass is 16.5. The van der Waals surface area contributed by atoms with Crippen molar-refractivity contribution in [3.8, 4) is 5.75 Å². The molecule has 0 spiro atoms. The fraction of sp³-hybridized carbons (Fsp3) is 0.481. The zero-order chi connectivity index (χ0) is 23.9. The first-order chi connectivity index (χ1) is 16.6. The van der Waals surface area contributed by atoms with E-state index in [-0.39, 0.29) is 24.5 Å². The summed E-state index contributed by atoms with van der Waals surface area (Å²) in [6.07, 6.45) is 4.37. The number of piperidine rings is 1. The fourth-order valence-corrected chi connectivity index (χ4v) is 4.82. The summed E-state index contributed by atoms with van der Waals surface area (Å²) in [4.78, 5) is 29.5. The number of hydrogen-bond donors (Lipinski definition) is 2. The molecule has 4 rings (SSSR count). The molecule has 0 aliphatic carbocycles. The molecule has 2 aromatic rings. The Hall–Kier alpha value is -2.90. The summed E-state index contributed by atoms with van der Waals surface area (Å²) in [5.41, 5.74) is 2.89. The second kappa shape index (κ2) is 11.5. The monoisotopic (exact) mass is 466 g/mol. The maximum Gasteiger partial charge on any atom is 0.253 e. The van der Waals surface area contributed by atoms with Crippen molar-refractivity contribution in [3.63, 3.8) is 0 Å². The van der Waals surface area contributed by atoms with Gasteiger partial charge in [-0.1, -0.05) is 18.2 Å². The maximum atomic E-state index is 13.0. The number of aliphatic hydroxyl groups is 2. The highest BCUT2D eigenvalue weighted by Crippen LogP contribution is 2.32. The van der Waals surface area contributed by atoms with E-state index in [4.69, 9.17) is 9.84 Å². The molecule has 1 atom stereocenters. The number of anilines is 1. The number of fused-ring (bicyclic) bond motifs is 1. The van der Waals surface area contributed by atoms with Crippen molar-refractivity contribution < 1.29 is 24.5 Å². The standard InChI is InChI=1S/C27H34N2O5/c30-19-23(31)6-3-4-18-34-24-11-8-21(9-12-24)27(33)28-16-14-22(15-17-28)29-25-7-2-1-5-20(25)10-13-26(29)32/h1-2,5,7-9,11-12,22-23,30-31H,3-4,6,10,13-19H2. The van der Waals surface area contributed by atoms with Gasteiger partial charge in [0, 0.05) is 36.8 Å². The van der Waals surface area contributed by atoms with Crippen molar-refractivity contribution in [3.05, 3.63) is 59.7 Å². The lowest BCUT2D eigenvalue weighted by Gasteiger charge is -2.41. The number of likely N-dealkylation sites (tertiary alicyclic amines) is 1. The summed E-state index contributed by atoms with van der Waals surface area (Å²) >= 11 is 0. The molecule has 2 aliphatic heterocycles. The van der Waals surface area contributed by atoms with Crippen LogP contribution in [0.25, 0.3) is 0 Å². The summed E-state index contributed by atoms with van der Waals surface area (Å²) in [5.74, 6) is 0.900. The van der Waals surface area contributed by atoms with Gasteiger partial charge in [-0.2, -0.15) is 0 Å². The molecule has 182 valence electrons. The Labute approximate surface area is 200 Å². The number of aryl methyl sites for hydroxylation is 1. The van der Waals surface area contributed by atoms with Gasteiger partial charge in [-0.3, -0.25) is 9.59 Å². The van der Waals surface area contributed by atoms with Crippen molar-refractivity contribution in [2.75, 3.05) is 31.2 Å². The second-order valence-corrected chi connectivity index (χ2v) is 9.12. The van der Waals surface area contributed by atoms with E-state index in [1.165, 1.54) is 5.56 Å². The minimum Gasteiger partial charge on any atom is -0.494 e. The number of para-hydroxylation sites is 1. The molecule has 0 saturated carbocycles. The molecule has 2 aromatic carbocycles. The molecule has 1 fully saturated rings. The van der Waals surface area contributed by atoms with Crippen molar-refractivity contribution in [1.29, 1.82) is 0 Å². The van der Waals surface area contributed by atoms with Crippen LogP contribution in [0.5, 0.6) is 5.75 Å². The summed E-state index contributed by atoms with van der Waals surface area (Å²) in [7, 11) is 0. The third-order valence-corrected chi connectivity index (χ3v) is 6.76. The lowest BCUT2D eigenvalue weighted by molar-refractivity contribution is -0.119. The number of ether oxygens (including phenoxy) is 1. The van der Waals surface area contributed by atoms with E-state index >= 15 is 0 Å². The second-order valence-electron chi connectivity index (χ2n) is 9.12. The first-order valence-corrected chi connectivity index (χ1v) is 12.3. The topological polar surface area (TPSA) is 90.3 Å². The third-order valence-electron chi connectivity index (χ3n) is 6.76. The Morgan fingerprint density at radius 1 is 1.03 bits per heavy atom. The zero-order valence-corrected chi connectivity index (χ0v) is 19.6. The minimum absolute atomic E-state index is 0.00774. The largest absolute Gasteiger partial charge is 0.494 e. The van der Waals surface area contributed by atoms with Gasteiger partial charge in [0.2, 0.25) is 5.91 Å². The van der Waals surface area contributed by atoms with E-state index in [9.17, 15) is 14.7 Å². The molecule has 2 amide bonds. The van der Waals surface area contributed by atoms with Crippen LogP contribution in [-0.2, 0) is 11.2 Å². The Balaban J connectivity index is 1.26. The molecule has 2 aliphatic rings. The maximum absolute atomic E-state index is 13.0. The van der Waals surface area contributed by atoms with Crippen molar-refractivity contribution >= 4 is 17.5 Å². The van der Waals surface area contributed by atoms with Crippen LogP contribution < -0.4 is 9.64 Å². The van der Waals surface area contributed by atoms with Crippen LogP contribution in [0, 0.1) is 0 Å². The number of amides is 2. The first kappa shape index (κ1) is 24.2. The normalized spacial score (nSPS) is 17.4. The quantitative estimate of drug-likeness (QED) is 0.554. The molecule has 7 nitrogen and oxygen atoms in total. The Bertz CT molecular complexity index is 969. The number of benzene rings is 2. The van der Waals surface area contributed by atoms with Gasteiger partial charge in [-0.05, 0) is 74.4 Å². The Kier molecular flexibility index (Phi) is 8.19. The number of aliphatic hydroxyl groups excluding tert-OH is 2. The molecule has 2 heterocycles. The van der Waals surface area contributed by atoms with E-state index in [1.807, 2.05) is 40.1 Å². The van der Waals surface area contributed by atoms with Gasteiger partial charge in [0.25, 0.3) is 5.91 Å². The van der Waals surface area contributed by atoms with Gasteiger partial charge < -0.3 is 24.7 Å². The van der Waals surface area contributed by atoms with Crippen LogP contribution >= 0.6 is 0 Å². The number of rotatable bonds is 9. The molecule has 34 heavy (non-hydrogen) atoms. The predicted octanol–water partition coefficient (Wildman–Crippen LogP) is 3.17. The molecule has 1 unspecified atom stereocenters. The number of nitrogens with zero attached hydrogens (tertiary/aromatic N) is 2. The van der Waals surface area contributed by atoms with Gasteiger partial charge in [0.05, 0.1) is 19.3 Å². The predicted molar refractivity (Wildman–Crippen MR) is 130 cm³/mol. The molecule has 1 saturated heterocycles. The number of hydrogen-bond acceptors (Lipinski definition) is 5. The van der Waals surface area contributed by atoms with Gasteiger partial charge >= 0.3 is 0 Å². The van der Waals surface area contributed by atoms with E-state index in [2.05, 4.69) is 6.07 Å². The number of carbonyl (C=O) groups excluding carboxylic acids is 2. The Morgan fingerprint density at radius 3 is 2.50 bits per heavy atom. The van der Waals surface area contributed by atoms with Crippen molar-refractivity contribution in [1.82, 2.24) is 4.90 Å². The van der Waals surface area contributed by atoms with Crippen molar-refractivity contribution in [2.24, 2.45) is 0 Å². The number of unbranched alkanes of at least 4 members (excludes halogenated alkanes) is 1. The highest BCUT2D eigenvalue weighted by Gasteiger charge is 2.33. The summed E-state index contributed by atoms with van der Waals surface area (Å²) in [5, 5.41) is 18.2. The van der Waals surface area contributed by atoms with Crippen LogP contribution in [0.15, 0.2) is 48.5 Å². The molecule has 7 heteroatoms. The van der Waals surface area contributed by atoms with Crippen molar-refractivity contribution in [2.45, 2.75) is 57.1 Å². The van der Waals surface area contributed by atoms with Crippen LogP contribution in [0.1, 0.15) is 54.4 Å². The molecule has 2 N–H and O–H groups in total.